The molecular weight excluding hydrogens is 452 g/mol. The molecule has 0 spiro atoms. The van der Waals surface area contributed by atoms with E-state index in [2.05, 4.69) is 56.2 Å². The zero-order valence-corrected chi connectivity index (χ0v) is 21.0. The highest BCUT2D eigenvalue weighted by Gasteiger charge is 2.38. The van der Waals surface area contributed by atoms with Crippen LogP contribution in [-0.2, 0) is 5.41 Å². The summed E-state index contributed by atoms with van der Waals surface area (Å²) in [5, 5.41) is 0.742. The first kappa shape index (κ1) is 23.7. The van der Waals surface area contributed by atoms with Crippen LogP contribution in [0.25, 0.3) is 10.9 Å². The number of pyridine rings is 1. The lowest BCUT2D eigenvalue weighted by atomic mass is 9.72. The van der Waals surface area contributed by atoms with Crippen molar-refractivity contribution in [2.75, 3.05) is 56.4 Å². The molecule has 2 aromatic carbocycles. The zero-order chi connectivity index (χ0) is 25.1. The third-order valence-corrected chi connectivity index (χ3v) is 7.18. The summed E-state index contributed by atoms with van der Waals surface area (Å²) in [7, 11) is 5.25. The van der Waals surface area contributed by atoms with Crippen LogP contribution in [0.2, 0.25) is 0 Å². The highest BCUT2D eigenvalue weighted by Crippen LogP contribution is 2.39. The van der Waals surface area contributed by atoms with Gasteiger partial charge in [-0.2, -0.15) is 4.98 Å². The van der Waals surface area contributed by atoms with Gasteiger partial charge in [-0.1, -0.05) is 36.4 Å². The van der Waals surface area contributed by atoms with Gasteiger partial charge in [0, 0.05) is 49.7 Å². The van der Waals surface area contributed by atoms with Gasteiger partial charge in [-0.15, -0.1) is 0 Å². The fraction of sp³-hybridized carbons (Fsp3) is 0.321. The molecule has 36 heavy (non-hydrogen) atoms. The maximum absolute atomic E-state index is 6.38. The van der Waals surface area contributed by atoms with Crippen LogP contribution in [0, 0.1) is 0 Å². The number of rotatable bonds is 7. The molecule has 0 amide bonds. The number of hydrogen-bond donors (Lipinski definition) is 1. The van der Waals surface area contributed by atoms with Crippen LogP contribution < -0.4 is 25.0 Å². The Morgan fingerprint density at radius 2 is 1.64 bits per heavy atom. The minimum absolute atomic E-state index is 0.0496. The third-order valence-electron chi connectivity index (χ3n) is 7.18. The Labute approximate surface area is 211 Å². The number of benzene rings is 2. The molecule has 0 atom stereocenters. The number of piperidine rings is 1. The molecule has 1 fully saturated rings. The van der Waals surface area contributed by atoms with E-state index in [1.54, 1.807) is 14.2 Å². The number of nitrogens with two attached hydrogens (primary N) is 1. The van der Waals surface area contributed by atoms with Crippen molar-refractivity contribution < 1.29 is 9.47 Å². The average Bonchev–Trinajstić information content (AvgIpc) is 2.93. The Bertz CT molecular complexity index is 1320. The molecule has 1 aliphatic heterocycles. The molecule has 186 valence electrons. The maximum atomic E-state index is 6.38. The van der Waals surface area contributed by atoms with Gasteiger partial charge in [0.2, 0.25) is 5.95 Å². The summed E-state index contributed by atoms with van der Waals surface area (Å²) >= 11 is 0. The van der Waals surface area contributed by atoms with Crippen LogP contribution in [0.1, 0.15) is 18.4 Å². The number of nitrogens with zero attached hydrogens (tertiary/aromatic N) is 5. The van der Waals surface area contributed by atoms with Gasteiger partial charge in [-0.25, -0.2) is 9.97 Å². The molecule has 0 aliphatic carbocycles. The molecule has 8 heteroatoms. The molecular formula is C28H32N6O2. The Balaban J connectivity index is 1.45. The van der Waals surface area contributed by atoms with E-state index < -0.39 is 0 Å². The second-order valence-electron chi connectivity index (χ2n) is 9.31. The van der Waals surface area contributed by atoms with E-state index in [1.165, 1.54) is 5.56 Å². The van der Waals surface area contributed by atoms with Crippen LogP contribution in [0.5, 0.6) is 11.5 Å². The first-order chi connectivity index (χ1) is 17.5. The molecule has 3 heterocycles. The smallest absolute Gasteiger partial charge is 0.227 e. The molecule has 0 bridgehead atoms. The monoisotopic (exact) mass is 484 g/mol. The van der Waals surface area contributed by atoms with Gasteiger partial charge in [0.15, 0.2) is 11.5 Å². The van der Waals surface area contributed by atoms with Crippen molar-refractivity contribution in [3.63, 3.8) is 0 Å². The van der Waals surface area contributed by atoms with Gasteiger partial charge in [0.25, 0.3) is 0 Å². The number of likely N-dealkylation sites (N-methyl/N-ethyl adjacent to an activating group) is 1. The van der Waals surface area contributed by atoms with Crippen molar-refractivity contribution in [1.29, 1.82) is 0 Å². The normalized spacial score (nSPS) is 15.0. The molecule has 0 unspecified atom stereocenters. The summed E-state index contributed by atoms with van der Waals surface area (Å²) in [5.74, 6) is 3.25. The third kappa shape index (κ3) is 4.46. The standard InChI is InChI=1S/C28H32N6O2/c1-33(27-31-22-18-24(36-3)23(35-2)17-21(22)26(29)32-27)19-28(20-9-5-4-6-10-20)12-15-34(16-13-28)25-11-7-8-14-30-25/h4-11,14,17-18H,12-13,15-16,19H2,1-3H3,(H2,29,31,32). The van der Waals surface area contributed by atoms with Crippen molar-refractivity contribution in [3.05, 3.63) is 72.4 Å². The van der Waals surface area contributed by atoms with Crippen molar-refractivity contribution in [3.8, 4) is 11.5 Å². The summed E-state index contributed by atoms with van der Waals surface area (Å²) in [6.45, 7) is 2.63. The molecule has 2 aromatic heterocycles. The Morgan fingerprint density at radius 1 is 0.944 bits per heavy atom. The summed E-state index contributed by atoms with van der Waals surface area (Å²) < 4.78 is 10.9. The largest absolute Gasteiger partial charge is 0.493 e. The van der Waals surface area contributed by atoms with Gasteiger partial charge in [-0.05, 0) is 36.6 Å². The van der Waals surface area contributed by atoms with Crippen LogP contribution in [0.15, 0.2) is 66.9 Å². The number of aromatic nitrogens is 3. The fourth-order valence-corrected chi connectivity index (χ4v) is 5.20. The number of anilines is 3. The van der Waals surface area contributed by atoms with Crippen LogP contribution in [-0.4, -0.2) is 55.9 Å². The van der Waals surface area contributed by atoms with Crippen molar-refractivity contribution in [2.45, 2.75) is 18.3 Å². The number of hydrogen-bond acceptors (Lipinski definition) is 8. The average molecular weight is 485 g/mol. The quantitative estimate of drug-likeness (QED) is 0.415. The molecule has 2 N–H and O–H groups in total. The lowest BCUT2D eigenvalue weighted by molar-refractivity contribution is 0.333. The number of methoxy groups -OCH3 is 2. The van der Waals surface area contributed by atoms with E-state index in [-0.39, 0.29) is 5.41 Å². The van der Waals surface area contributed by atoms with Crippen LogP contribution in [0.3, 0.4) is 0 Å². The fourth-order valence-electron chi connectivity index (χ4n) is 5.20. The predicted molar refractivity (Wildman–Crippen MR) is 144 cm³/mol. The summed E-state index contributed by atoms with van der Waals surface area (Å²) in [6, 6.07) is 20.5. The van der Waals surface area contributed by atoms with E-state index in [9.17, 15) is 0 Å². The molecule has 1 aliphatic rings. The first-order valence-electron chi connectivity index (χ1n) is 12.1. The Morgan fingerprint density at radius 3 is 2.31 bits per heavy atom. The summed E-state index contributed by atoms with van der Waals surface area (Å²) in [5.41, 5.74) is 8.39. The number of ether oxygens (including phenoxy) is 2. The number of fused-ring (bicyclic) bond motifs is 1. The van der Waals surface area contributed by atoms with E-state index >= 15 is 0 Å². The minimum atomic E-state index is -0.0496. The highest BCUT2D eigenvalue weighted by molar-refractivity contribution is 5.91. The van der Waals surface area contributed by atoms with E-state index in [4.69, 9.17) is 20.2 Å². The van der Waals surface area contributed by atoms with Gasteiger partial charge in [0.1, 0.15) is 11.6 Å². The van der Waals surface area contributed by atoms with E-state index in [1.807, 2.05) is 37.5 Å². The highest BCUT2D eigenvalue weighted by atomic mass is 16.5. The molecule has 4 aromatic rings. The van der Waals surface area contributed by atoms with Crippen molar-refractivity contribution in [2.24, 2.45) is 0 Å². The van der Waals surface area contributed by atoms with Gasteiger partial charge in [-0.3, -0.25) is 0 Å². The molecule has 8 nitrogen and oxygen atoms in total. The zero-order valence-electron chi connectivity index (χ0n) is 21.0. The summed E-state index contributed by atoms with van der Waals surface area (Å²) in [4.78, 5) is 18.6. The number of nitrogen functional groups attached to an aromatic ring is 1. The SMILES string of the molecule is COc1cc2nc(N(C)CC3(c4ccccc4)CCN(c4ccccn4)CC3)nc(N)c2cc1OC. The maximum Gasteiger partial charge on any atom is 0.227 e. The molecule has 0 saturated carbocycles. The van der Waals surface area contributed by atoms with Gasteiger partial charge in [0.05, 0.1) is 19.7 Å². The Kier molecular flexibility index (Phi) is 6.50. The van der Waals surface area contributed by atoms with E-state index in [0.717, 1.165) is 49.2 Å². The van der Waals surface area contributed by atoms with Crippen LogP contribution in [0.4, 0.5) is 17.6 Å². The molecule has 5 rings (SSSR count). The van der Waals surface area contributed by atoms with Gasteiger partial charge >= 0.3 is 0 Å². The lowest BCUT2D eigenvalue weighted by Crippen LogP contribution is -2.49. The minimum Gasteiger partial charge on any atom is -0.493 e. The van der Waals surface area contributed by atoms with Gasteiger partial charge < -0.3 is 25.0 Å². The topological polar surface area (TPSA) is 89.6 Å². The second kappa shape index (κ2) is 9.89. The second-order valence-corrected chi connectivity index (χ2v) is 9.31. The molecule has 1 saturated heterocycles. The Hall–Kier alpha value is -4.07. The van der Waals surface area contributed by atoms with Crippen molar-refractivity contribution in [1.82, 2.24) is 15.0 Å². The van der Waals surface area contributed by atoms with Crippen LogP contribution >= 0.6 is 0 Å². The predicted octanol–water partition coefficient (Wildman–Crippen LogP) is 4.30. The summed E-state index contributed by atoms with van der Waals surface area (Å²) in [6.07, 6.45) is 3.84. The van der Waals surface area contributed by atoms with Crippen molar-refractivity contribution >= 4 is 28.5 Å². The molecule has 0 radical (unpaired) electrons. The first-order valence-corrected chi connectivity index (χ1v) is 12.1. The lowest BCUT2D eigenvalue weighted by Gasteiger charge is -2.44. The van der Waals surface area contributed by atoms with E-state index in [0.29, 0.717) is 23.3 Å².